The number of hydrogen-bond donors (Lipinski definition) is 0. The summed E-state index contributed by atoms with van der Waals surface area (Å²) in [5, 5.41) is 0. The van der Waals surface area contributed by atoms with Crippen LogP contribution in [0.4, 0.5) is 0 Å². The summed E-state index contributed by atoms with van der Waals surface area (Å²) in [6, 6.07) is 0.504. The Morgan fingerprint density at radius 2 is 1.92 bits per heavy atom. The Balaban J connectivity index is 2.26. The van der Waals surface area contributed by atoms with E-state index in [9.17, 15) is 4.79 Å². The van der Waals surface area contributed by atoms with E-state index in [1.165, 1.54) is 50.4 Å². The fourth-order valence-corrected chi connectivity index (χ4v) is 6.57. The minimum absolute atomic E-state index is 0.262. The molecule has 0 amide bonds. The highest BCUT2D eigenvalue weighted by atomic mass is 79.9. The number of unbranched alkanes of at least 4 members (excludes halogenated alkanes) is 2. The second-order valence-electron chi connectivity index (χ2n) is 9.31. The summed E-state index contributed by atoms with van der Waals surface area (Å²) >= 11 is 3.68. The monoisotopic (exact) mass is 420 g/mol. The Kier molecular flexibility index (Phi) is 5.59. The van der Waals surface area contributed by atoms with Crippen molar-refractivity contribution in [3.8, 4) is 0 Å². The predicted octanol–water partition coefficient (Wildman–Crippen LogP) is 5.78. The summed E-state index contributed by atoms with van der Waals surface area (Å²) in [6.45, 7) is 11.8. The molecule has 1 aromatic rings. The molecular weight excluding hydrogens is 387 g/mol. The number of hydrogen-bond acceptors (Lipinski definition) is 1. The van der Waals surface area contributed by atoms with Crippen molar-refractivity contribution in [3.05, 3.63) is 21.9 Å². The Hall–Kier alpha value is -0.835. The number of fused-ring (bicyclic) bond motifs is 2. The van der Waals surface area contributed by atoms with E-state index >= 15 is 0 Å². The van der Waals surface area contributed by atoms with E-state index in [4.69, 9.17) is 0 Å². The second kappa shape index (κ2) is 7.29. The van der Waals surface area contributed by atoms with Gasteiger partial charge in [0.2, 0.25) is 0 Å². The van der Waals surface area contributed by atoms with Crippen LogP contribution in [0.5, 0.6) is 0 Å². The Morgan fingerprint density at radius 3 is 2.46 bits per heavy atom. The summed E-state index contributed by atoms with van der Waals surface area (Å²) in [4.78, 5) is 11.9. The topological polar surface area (TPSA) is 25.0 Å². The van der Waals surface area contributed by atoms with Gasteiger partial charge in [0.1, 0.15) is 6.04 Å². The van der Waals surface area contributed by atoms with Crippen LogP contribution in [0.25, 0.3) is 0 Å². The van der Waals surface area contributed by atoms with Crippen LogP contribution in [-0.4, -0.2) is 33.4 Å². The van der Waals surface area contributed by atoms with Crippen molar-refractivity contribution in [1.29, 1.82) is 0 Å². The average molecular weight is 421 g/mol. The molecule has 3 heterocycles. The van der Waals surface area contributed by atoms with Gasteiger partial charge in [0.05, 0.1) is 5.71 Å². The standard InChI is InChI=1S/C21H34BBrN2O/c1-6-8-10-22(11-9-7-2)24-14-18(23)17(15-26)19(24)12-20-21(4,5)13-16(3)25(20)22/h14-15,20H,6-13H2,1-5H3/t20-/m1/s1. The number of carbonyl (C=O) groups excluding carboxylic acids is 1. The van der Waals surface area contributed by atoms with Crippen LogP contribution < -0.4 is 0 Å². The van der Waals surface area contributed by atoms with E-state index in [1.807, 2.05) is 0 Å². The Morgan fingerprint density at radius 1 is 1.31 bits per heavy atom. The summed E-state index contributed by atoms with van der Waals surface area (Å²) in [6.07, 6.45) is 11.9. The SMILES string of the molecule is CCCC[B-]1(CCCC)n2cc(Br)c(C=O)c2C[C@H]2[N+]1=C(C)CC2(C)C. The predicted molar refractivity (Wildman–Crippen MR) is 115 cm³/mol. The molecule has 0 spiro atoms. The highest BCUT2D eigenvalue weighted by Crippen LogP contribution is 2.46. The number of nitrogens with zero attached hydrogens (tertiary/aromatic N) is 2. The van der Waals surface area contributed by atoms with Crippen molar-refractivity contribution < 1.29 is 9.28 Å². The van der Waals surface area contributed by atoms with E-state index in [1.54, 1.807) is 5.71 Å². The first-order valence-corrected chi connectivity index (χ1v) is 11.3. The van der Waals surface area contributed by atoms with Gasteiger partial charge in [-0.3, -0.25) is 4.79 Å². The summed E-state index contributed by atoms with van der Waals surface area (Å²) in [7, 11) is 0. The van der Waals surface area contributed by atoms with E-state index < -0.39 is 6.42 Å². The Labute approximate surface area is 167 Å². The fourth-order valence-electron chi connectivity index (χ4n) is 6.03. The van der Waals surface area contributed by atoms with Crippen molar-refractivity contribution >= 4 is 34.3 Å². The van der Waals surface area contributed by atoms with Gasteiger partial charge in [-0.15, -0.1) is 0 Å². The first-order valence-electron chi connectivity index (χ1n) is 10.5. The molecule has 0 radical (unpaired) electrons. The van der Waals surface area contributed by atoms with Crippen LogP contribution in [0, 0.1) is 5.41 Å². The van der Waals surface area contributed by atoms with Gasteiger partial charge < -0.3 is 8.96 Å². The van der Waals surface area contributed by atoms with Gasteiger partial charge in [-0.1, -0.05) is 66.0 Å². The van der Waals surface area contributed by atoms with Crippen LogP contribution in [0.3, 0.4) is 0 Å². The molecule has 1 aromatic heterocycles. The van der Waals surface area contributed by atoms with Crippen molar-refractivity contribution in [2.24, 2.45) is 5.41 Å². The molecule has 0 aromatic carbocycles. The molecule has 3 rings (SSSR count). The van der Waals surface area contributed by atoms with Gasteiger partial charge in [-0.05, 0) is 22.1 Å². The maximum absolute atomic E-state index is 11.9. The molecule has 1 atom stereocenters. The van der Waals surface area contributed by atoms with Gasteiger partial charge >= 0.3 is 6.42 Å². The quantitative estimate of drug-likeness (QED) is 0.405. The molecule has 0 N–H and O–H groups in total. The molecule has 3 nitrogen and oxygen atoms in total. The first kappa shape index (κ1) is 19.9. The van der Waals surface area contributed by atoms with Gasteiger partial charge in [0.15, 0.2) is 6.29 Å². The molecule has 0 saturated heterocycles. The molecule has 0 bridgehead atoms. The highest BCUT2D eigenvalue weighted by molar-refractivity contribution is 9.10. The molecule has 0 saturated carbocycles. The average Bonchev–Trinajstić information content (AvgIpc) is 3.04. The van der Waals surface area contributed by atoms with Crippen LogP contribution in [0.1, 0.15) is 82.8 Å². The van der Waals surface area contributed by atoms with Gasteiger partial charge in [-0.25, -0.2) is 0 Å². The minimum Gasteiger partial charge on any atom is -0.464 e. The van der Waals surface area contributed by atoms with Gasteiger partial charge in [0, 0.05) is 40.9 Å². The normalized spacial score (nSPS) is 23.1. The van der Waals surface area contributed by atoms with Crippen LogP contribution in [-0.2, 0) is 6.42 Å². The lowest BCUT2D eigenvalue weighted by molar-refractivity contribution is -0.463. The Bertz CT molecular complexity index is 727. The molecular formula is C21H34BBrN2O. The molecule has 26 heavy (non-hydrogen) atoms. The van der Waals surface area contributed by atoms with E-state index in [0.717, 1.165) is 22.7 Å². The smallest absolute Gasteiger partial charge is 0.372 e. The molecule has 0 aliphatic carbocycles. The fraction of sp³-hybridized carbons (Fsp3) is 0.714. The van der Waals surface area contributed by atoms with Crippen molar-refractivity contribution in [3.63, 3.8) is 0 Å². The number of aldehydes is 1. The van der Waals surface area contributed by atoms with Crippen molar-refractivity contribution in [1.82, 2.24) is 4.48 Å². The van der Waals surface area contributed by atoms with Gasteiger partial charge in [-0.2, -0.15) is 0 Å². The summed E-state index contributed by atoms with van der Waals surface area (Å²) in [5.74, 6) is 0. The third-order valence-electron chi connectivity index (χ3n) is 7.10. The van der Waals surface area contributed by atoms with Crippen molar-refractivity contribution in [2.75, 3.05) is 0 Å². The summed E-state index contributed by atoms with van der Waals surface area (Å²) in [5.41, 5.74) is 3.96. The zero-order valence-electron chi connectivity index (χ0n) is 17.1. The molecule has 0 unspecified atom stereocenters. The lowest BCUT2D eigenvalue weighted by Gasteiger charge is -2.48. The van der Waals surface area contributed by atoms with Crippen LogP contribution >= 0.6 is 15.9 Å². The zero-order valence-corrected chi connectivity index (χ0v) is 18.7. The van der Waals surface area contributed by atoms with E-state index in [-0.39, 0.29) is 5.41 Å². The molecule has 5 heteroatoms. The third kappa shape index (κ3) is 2.94. The highest BCUT2D eigenvalue weighted by Gasteiger charge is 2.55. The van der Waals surface area contributed by atoms with Gasteiger partial charge in [0.25, 0.3) is 0 Å². The summed E-state index contributed by atoms with van der Waals surface area (Å²) < 4.78 is 6.35. The number of carbonyl (C=O) groups is 1. The number of halogens is 1. The first-order chi connectivity index (χ1) is 12.3. The molecule has 2 aliphatic rings. The van der Waals surface area contributed by atoms with E-state index in [2.05, 4.69) is 65.7 Å². The van der Waals surface area contributed by atoms with Crippen LogP contribution in [0.15, 0.2) is 10.7 Å². The van der Waals surface area contributed by atoms with Crippen molar-refractivity contribution in [2.45, 2.75) is 91.8 Å². The lowest BCUT2D eigenvalue weighted by atomic mass is 9.37. The number of rotatable bonds is 7. The maximum atomic E-state index is 11.9. The van der Waals surface area contributed by atoms with E-state index in [0.29, 0.717) is 6.04 Å². The molecule has 0 fully saturated rings. The third-order valence-corrected chi connectivity index (χ3v) is 7.73. The number of aromatic nitrogens is 1. The van der Waals surface area contributed by atoms with Crippen LogP contribution in [0.2, 0.25) is 12.6 Å². The minimum atomic E-state index is -0.881. The zero-order chi connectivity index (χ0) is 19.1. The molecule has 144 valence electrons. The largest absolute Gasteiger partial charge is 0.464 e. The maximum Gasteiger partial charge on any atom is 0.372 e. The lowest BCUT2D eigenvalue weighted by Crippen LogP contribution is -2.63. The second-order valence-corrected chi connectivity index (χ2v) is 10.2. The molecule has 2 aliphatic heterocycles.